The van der Waals surface area contributed by atoms with Gasteiger partial charge >= 0.3 is 0 Å². The molecule has 0 aliphatic carbocycles. The Morgan fingerprint density at radius 3 is 2.37 bits per heavy atom. The fourth-order valence-corrected chi connectivity index (χ4v) is 2.85. The standard InChI is InChI=1S/C15H31N3O/c1-4-14(5-2)17-15(19)12(3)18-10-7-13(6-9-16)8-11-18/h12-14H,4-11,16H2,1-3H3,(H,17,19). The van der Waals surface area contributed by atoms with Gasteiger partial charge in [0.15, 0.2) is 0 Å². The number of nitrogens with zero attached hydrogens (tertiary/aromatic N) is 1. The van der Waals surface area contributed by atoms with Crippen molar-refractivity contribution in [2.24, 2.45) is 11.7 Å². The average Bonchev–Trinajstić information content (AvgIpc) is 2.45. The SMILES string of the molecule is CCC(CC)NC(=O)C(C)N1CCC(CCN)CC1. The number of amides is 1. The van der Waals surface area contributed by atoms with Crippen LogP contribution in [0.25, 0.3) is 0 Å². The molecule has 1 unspecified atom stereocenters. The number of piperidine rings is 1. The molecule has 4 nitrogen and oxygen atoms in total. The van der Waals surface area contributed by atoms with Crippen molar-refractivity contribution in [2.45, 2.75) is 65.0 Å². The lowest BCUT2D eigenvalue weighted by Gasteiger charge is -2.35. The zero-order chi connectivity index (χ0) is 14.3. The minimum absolute atomic E-state index is 0.000531. The van der Waals surface area contributed by atoms with Crippen LogP contribution >= 0.6 is 0 Å². The zero-order valence-electron chi connectivity index (χ0n) is 12.8. The lowest BCUT2D eigenvalue weighted by atomic mass is 9.93. The van der Waals surface area contributed by atoms with Crippen LogP contribution in [0.5, 0.6) is 0 Å². The van der Waals surface area contributed by atoms with Gasteiger partial charge in [0, 0.05) is 6.04 Å². The topological polar surface area (TPSA) is 58.4 Å². The Hall–Kier alpha value is -0.610. The first kappa shape index (κ1) is 16.4. The van der Waals surface area contributed by atoms with Crippen LogP contribution in [0.4, 0.5) is 0 Å². The van der Waals surface area contributed by atoms with E-state index >= 15 is 0 Å². The van der Waals surface area contributed by atoms with Crippen LogP contribution in [0, 0.1) is 5.92 Å². The predicted octanol–water partition coefficient (Wildman–Crippen LogP) is 1.74. The number of nitrogens with one attached hydrogen (secondary N) is 1. The molecule has 1 saturated heterocycles. The first-order valence-electron chi connectivity index (χ1n) is 7.86. The second-order valence-corrected chi connectivity index (χ2v) is 5.75. The normalized spacial score (nSPS) is 19.6. The molecule has 4 heteroatoms. The van der Waals surface area contributed by atoms with Crippen molar-refractivity contribution < 1.29 is 4.79 Å². The molecular formula is C15H31N3O. The molecule has 0 bridgehead atoms. The molecule has 1 aliphatic heterocycles. The molecule has 0 spiro atoms. The van der Waals surface area contributed by atoms with E-state index in [1.807, 2.05) is 6.92 Å². The summed E-state index contributed by atoms with van der Waals surface area (Å²) in [5.41, 5.74) is 5.61. The van der Waals surface area contributed by atoms with E-state index in [9.17, 15) is 4.79 Å². The first-order chi connectivity index (χ1) is 9.12. The summed E-state index contributed by atoms with van der Waals surface area (Å²) in [5, 5.41) is 3.15. The van der Waals surface area contributed by atoms with Crippen molar-refractivity contribution >= 4 is 5.91 Å². The predicted molar refractivity (Wildman–Crippen MR) is 79.9 cm³/mol. The summed E-state index contributed by atoms with van der Waals surface area (Å²) in [6, 6.07) is 0.323. The monoisotopic (exact) mass is 269 g/mol. The molecule has 0 aromatic heterocycles. The van der Waals surface area contributed by atoms with Crippen LogP contribution < -0.4 is 11.1 Å². The molecule has 3 N–H and O–H groups in total. The Kier molecular flexibility index (Phi) is 7.39. The highest BCUT2D eigenvalue weighted by molar-refractivity contribution is 5.81. The average molecular weight is 269 g/mol. The van der Waals surface area contributed by atoms with Crippen molar-refractivity contribution in [3.8, 4) is 0 Å². The van der Waals surface area contributed by atoms with Crippen LogP contribution in [-0.4, -0.2) is 42.5 Å². The number of likely N-dealkylation sites (tertiary alicyclic amines) is 1. The maximum absolute atomic E-state index is 12.2. The molecule has 1 amide bonds. The minimum Gasteiger partial charge on any atom is -0.352 e. The van der Waals surface area contributed by atoms with Gasteiger partial charge < -0.3 is 11.1 Å². The molecule has 0 radical (unpaired) electrons. The number of carbonyl (C=O) groups is 1. The van der Waals surface area contributed by atoms with Gasteiger partial charge in [-0.25, -0.2) is 0 Å². The van der Waals surface area contributed by atoms with Crippen molar-refractivity contribution in [3.05, 3.63) is 0 Å². The lowest BCUT2D eigenvalue weighted by molar-refractivity contribution is -0.127. The van der Waals surface area contributed by atoms with Crippen LogP contribution in [-0.2, 0) is 4.79 Å². The second-order valence-electron chi connectivity index (χ2n) is 5.75. The minimum atomic E-state index is -0.000531. The van der Waals surface area contributed by atoms with E-state index in [1.54, 1.807) is 0 Å². The summed E-state index contributed by atoms with van der Waals surface area (Å²) in [6.45, 7) is 9.12. The van der Waals surface area contributed by atoms with Crippen molar-refractivity contribution in [1.82, 2.24) is 10.2 Å². The first-order valence-corrected chi connectivity index (χ1v) is 7.86. The Balaban J connectivity index is 2.37. The molecule has 19 heavy (non-hydrogen) atoms. The largest absolute Gasteiger partial charge is 0.352 e. The molecule has 1 rings (SSSR count). The van der Waals surface area contributed by atoms with Gasteiger partial charge in [0.25, 0.3) is 0 Å². The molecule has 0 aromatic carbocycles. The summed E-state index contributed by atoms with van der Waals surface area (Å²) in [4.78, 5) is 14.5. The molecular weight excluding hydrogens is 238 g/mol. The Bertz CT molecular complexity index is 258. The molecule has 1 aliphatic rings. The Morgan fingerprint density at radius 2 is 1.89 bits per heavy atom. The van der Waals surface area contributed by atoms with E-state index in [0.29, 0.717) is 6.04 Å². The van der Waals surface area contributed by atoms with Crippen LogP contribution in [0.2, 0.25) is 0 Å². The number of hydrogen-bond donors (Lipinski definition) is 2. The highest BCUT2D eigenvalue weighted by atomic mass is 16.2. The number of rotatable bonds is 7. The van der Waals surface area contributed by atoms with Gasteiger partial charge in [-0.1, -0.05) is 13.8 Å². The van der Waals surface area contributed by atoms with Gasteiger partial charge in [-0.05, 0) is 64.6 Å². The third-order valence-electron chi connectivity index (χ3n) is 4.48. The maximum Gasteiger partial charge on any atom is 0.237 e. The number of hydrogen-bond acceptors (Lipinski definition) is 3. The summed E-state index contributed by atoms with van der Waals surface area (Å²) in [7, 11) is 0. The number of carbonyl (C=O) groups excluding carboxylic acids is 1. The van der Waals surface area contributed by atoms with Gasteiger partial charge in [-0.3, -0.25) is 9.69 Å². The molecule has 0 saturated carbocycles. The van der Waals surface area contributed by atoms with E-state index in [2.05, 4.69) is 24.1 Å². The smallest absolute Gasteiger partial charge is 0.237 e. The van der Waals surface area contributed by atoms with Crippen LogP contribution in [0.15, 0.2) is 0 Å². The summed E-state index contributed by atoms with van der Waals surface area (Å²) < 4.78 is 0. The third-order valence-corrected chi connectivity index (χ3v) is 4.48. The summed E-state index contributed by atoms with van der Waals surface area (Å²) >= 11 is 0. The fourth-order valence-electron chi connectivity index (χ4n) is 2.85. The van der Waals surface area contributed by atoms with E-state index in [0.717, 1.165) is 44.8 Å². The van der Waals surface area contributed by atoms with E-state index < -0.39 is 0 Å². The molecule has 112 valence electrons. The zero-order valence-corrected chi connectivity index (χ0v) is 12.8. The molecule has 1 fully saturated rings. The molecule has 0 aromatic rings. The second kappa shape index (κ2) is 8.54. The van der Waals surface area contributed by atoms with Gasteiger partial charge in [0.1, 0.15) is 0 Å². The van der Waals surface area contributed by atoms with Crippen molar-refractivity contribution in [2.75, 3.05) is 19.6 Å². The lowest BCUT2D eigenvalue weighted by Crippen LogP contribution is -2.50. The van der Waals surface area contributed by atoms with Crippen molar-refractivity contribution in [3.63, 3.8) is 0 Å². The van der Waals surface area contributed by atoms with E-state index in [4.69, 9.17) is 5.73 Å². The highest BCUT2D eigenvalue weighted by Crippen LogP contribution is 2.21. The van der Waals surface area contributed by atoms with Gasteiger partial charge in [-0.15, -0.1) is 0 Å². The highest BCUT2D eigenvalue weighted by Gasteiger charge is 2.26. The number of nitrogens with two attached hydrogens (primary N) is 1. The van der Waals surface area contributed by atoms with Crippen LogP contribution in [0.1, 0.15) is 52.9 Å². The summed E-state index contributed by atoms with van der Waals surface area (Å²) in [6.07, 6.45) is 5.50. The van der Waals surface area contributed by atoms with E-state index in [1.165, 1.54) is 12.8 Å². The maximum atomic E-state index is 12.2. The Labute approximate surface area is 118 Å². The van der Waals surface area contributed by atoms with Gasteiger partial charge in [0.05, 0.1) is 6.04 Å². The van der Waals surface area contributed by atoms with Crippen molar-refractivity contribution in [1.29, 1.82) is 0 Å². The molecule has 1 atom stereocenters. The Morgan fingerprint density at radius 1 is 1.32 bits per heavy atom. The van der Waals surface area contributed by atoms with E-state index in [-0.39, 0.29) is 11.9 Å². The van der Waals surface area contributed by atoms with Gasteiger partial charge in [-0.2, -0.15) is 0 Å². The quantitative estimate of drug-likeness (QED) is 0.740. The van der Waals surface area contributed by atoms with Crippen LogP contribution in [0.3, 0.4) is 0 Å². The van der Waals surface area contributed by atoms with Gasteiger partial charge in [0.2, 0.25) is 5.91 Å². The third kappa shape index (κ3) is 5.11. The molecule has 1 heterocycles. The fraction of sp³-hybridized carbons (Fsp3) is 0.933. The summed E-state index contributed by atoms with van der Waals surface area (Å²) in [5.74, 6) is 0.946.